The van der Waals surface area contributed by atoms with Gasteiger partial charge in [-0.15, -0.1) is 0 Å². The number of rotatable bonds is 6. The van der Waals surface area contributed by atoms with Crippen molar-refractivity contribution in [3.05, 3.63) is 29.3 Å². The molecule has 0 atom stereocenters. The third kappa shape index (κ3) is 4.66. The maximum atomic E-state index is 11.8. The lowest BCUT2D eigenvalue weighted by molar-refractivity contribution is -0.136. The van der Waals surface area contributed by atoms with Crippen LogP contribution in [-0.4, -0.2) is 32.1 Å². The molecule has 0 fully saturated rings. The zero-order chi connectivity index (χ0) is 15.0. The van der Waals surface area contributed by atoms with E-state index in [1.807, 2.05) is 32.0 Å². The van der Waals surface area contributed by atoms with Gasteiger partial charge in [-0.25, -0.2) is 0 Å². The highest BCUT2D eigenvalue weighted by atomic mass is 16.5. The average Bonchev–Trinajstić information content (AvgIpc) is 2.45. The van der Waals surface area contributed by atoms with Gasteiger partial charge in [-0.3, -0.25) is 9.59 Å². The Morgan fingerprint density at radius 2 is 2.00 bits per heavy atom. The van der Waals surface area contributed by atoms with Gasteiger partial charge in [0.1, 0.15) is 0 Å². The second kappa shape index (κ2) is 8.32. The number of anilines is 1. The SMILES string of the molecule is CCc1cccc(C)c1NC(=O)C(=O)NCCCOC. The minimum absolute atomic E-state index is 0.425. The minimum atomic E-state index is -0.633. The van der Waals surface area contributed by atoms with E-state index in [0.717, 1.165) is 23.2 Å². The van der Waals surface area contributed by atoms with Crippen molar-refractivity contribution < 1.29 is 14.3 Å². The predicted molar refractivity (Wildman–Crippen MR) is 78.7 cm³/mol. The molecule has 0 saturated carbocycles. The fourth-order valence-corrected chi connectivity index (χ4v) is 1.87. The number of carbonyl (C=O) groups is 2. The Morgan fingerprint density at radius 3 is 2.65 bits per heavy atom. The number of benzene rings is 1. The van der Waals surface area contributed by atoms with Gasteiger partial charge in [0.05, 0.1) is 0 Å². The number of carbonyl (C=O) groups excluding carboxylic acids is 2. The molecule has 2 amide bonds. The number of amides is 2. The van der Waals surface area contributed by atoms with Crippen LogP contribution in [0, 0.1) is 6.92 Å². The normalized spacial score (nSPS) is 10.2. The molecular formula is C15H22N2O3. The van der Waals surface area contributed by atoms with Crippen LogP contribution in [0.1, 0.15) is 24.5 Å². The first-order valence-corrected chi connectivity index (χ1v) is 6.76. The number of para-hydroxylation sites is 1. The van der Waals surface area contributed by atoms with Crippen LogP contribution in [0.4, 0.5) is 5.69 Å². The zero-order valence-corrected chi connectivity index (χ0v) is 12.3. The molecule has 0 unspecified atom stereocenters. The standard InChI is InChI=1S/C15H22N2O3/c1-4-12-8-5-7-11(2)13(12)17-15(19)14(18)16-9-6-10-20-3/h5,7-8H,4,6,9-10H2,1-3H3,(H,16,18)(H,17,19). The summed E-state index contributed by atoms with van der Waals surface area (Å²) in [7, 11) is 1.60. The van der Waals surface area contributed by atoms with Crippen LogP contribution >= 0.6 is 0 Å². The molecule has 0 radical (unpaired) electrons. The van der Waals surface area contributed by atoms with Crippen LogP contribution in [0.3, 0.4) is 0 Å². The molecule has 0 aromatic heterocycles. The Hall–Kier alpha value is -1.88. The molecule has 110 valence electrons. The van der Waals surface area contributed by atoms with Crippen molar-refractivity contribution in [3.8, 4) is 0 Å². The molecule has 0 saturated heterocycles. The third-order valence-electron chi connectivity index (χ3n) is 3.00. The van der Waals surface area contributed by atoms with E-state index in [0.29, 0.717) is 19.6 Å². The van der Waals surface area contributed by atoms with Gasteiger partial charge in [0, 0.05) is 25.9 Å². The fraction of sp³-hybridized carbons (Fsp3) is 0.467. The van der Waals surface area contributed by atoms with Gasteiger partial charge in [-0.2, -0.15) is 0 Å². The highest BCUT2D eigenvalue weighted by Crippen LogP contribution is 2.20. The summed E-state index contributed by atoms with van der Waals surface area (Å²) in [5, 5.41) is 5.25. The number of ether oxygens (including phenoxy) is 1. The predicted octanol–water partition coefficient (Wildman–Crippen LogP) is 1.65. The minimum Gasteiger partial charge on any atom is -0.385 e. The summed E-state index contributed by atoms with van der Waals surface area (Å²) in [5.74, 6) is -1.25. The summed E-state index contributed by atoms with van der Waals surface area (Å²) in [6.45, 7) is 4.90. The molecule has 0 heterocycles. The van der Waals surface area contributed by atoms with Gasteiger partial charge >= 0.3 is 11.8 Å². The van der Waals surface area contributed by atoms with Gasteiger partial charge in [0.15, 0.2) is 0 Å². The molecule has 0 aliphatic heterocycles. The van der Waals surface area contributed by atoms with Gasteiger partial charge < -0.3 is 15.4 Å². The highest BCUT2D eigenvalue weighted by Gasteiger charge is 2.15. The van der Waals surface area contributed by atoms with E-state index in [2.05, 4.69) is 10.6 Å². The quantitative estimate of drug-likeness (QED) is 0.614. The Labute approximate surface area is 119 Å². The van der Waals surface area contributed by atoms with E-state index in [4.69, 9.17) is 4.74 Å². The fourth-order valence-electron chi connectivity index (χ4n) is 1.87. The first-order valence-electron chi connectivity index (χ1n) is 6.76. The van der Waals surface area contributed by atoms with E-state index in [1.165, 1.54) is 0 Å². The molecule has 1 aromatic carbocycles. The molecule has 0 aliphatic rings. The van der Waals surface area contributed by atoms with Gasteiger partial charge in [0.25, 0.3) is 0 Å². The number of nitrogens with one attached hydrogen (secondary N) is 2. The Balaban J connectivity index is 2.60. The van der Waals surface area contributed by atoms with E-state index in [-0.39, 0.29) is 0 Å². The van der Waals surface area contributed by atoms with E-state index < -0.39 is 11.8 Å². The summed E-state index contributed by atoms with van der Waals surface area (Å²) in [6.07, 6.45) is 1.48. The molecule has 0 spiro atoms. The van der Waals surface area contributed by atoms with Crippen LogP contribution in [0.5, 0.6) is 0 Å². The van der Waals surface area contributed by atoms with Crippen molar-refractivity contribution >= 4 is 17.5 Å². The summed E-state index contributed by atoms with van der Waals surface area (Å²) in [4.78, 5) is 23.5. The van der Waals surface area contributed by atoms with Crippen LogP contribution in [0.2, 0.25) is 0 Å². The van der Waals surface area contributed by atoms with Crippen molar-refractivity contribution in [3.63, 3.8) is 0 Å². The molecule has 20 heavy (non-hydrogen) atoms. The number of hydrogen-bond donors (Lipinski definition) is 2. The topological polar surface area (TPSA) is 67.4 Å². The number of aryl methyl sites for hydroxylation is 2. The molecule has 5 heteroatoms. The van der Waals surface area contributed by atoms with Crippen molar-refractivity contribution in [1.82, 2.24) is 5.32 Å². The average molecular weight is 278 g/mol. The largest absolute Gasteiger partial charge is 0.385 e. The molecule has 2 N–H and O–H groups in total. The monoisotopic (exact) mass is 278 g/mol. The third-order valence-corrected chi connectivity index (χ3v) is 3.00. The Bertz CT molecular complexity index is 472. The molecule has 1 aromatic rings. The summed E-state index contributed by atoms with van der Waals surface area (Å²) in [5.41, 5.74) is 2.70. The van der Waals surface area contributed by atoms with Crippen molar-refractivity contribution in [2.24, 2.45) is 0 Å². The lowest BCUT2D eigenvalue weighted by Gasteiger charge is -2.12. The summed E-state index contributed by atoms with van der Waals surface area (Å²) >= 11 is 0. The highest BCUT2D eigenvalue weighted by molar-refractivity contribution is 6.39. The van der Waals surface area contributed by atoms with Crippen molar-refractivity contribution in [1.29, 1.82) is 0 Å². The van der Waals surface area contributed by atoms with E-state index in [9.17, 15) is 9.59 Å². The second-order valence-electron chi connectivity index (χ2n) is 4.52. The van der Waals surface area contributed by atoms with Crippen LogP contribution in [0.15, 0.2) is 18.2 Å². The van der Waals surface area contributed by atoms with E-state index >= 15 is 0 Å². The lowest BCUT2D eigenvalue weighted by atomic mass is 10.1. The molecule has 0 bridgehead atoms. The van der Waals surface area contributed by atoms with Crippen molar-refractivity contribution in [2.45, 2.75) is 26.7 Å². The van der Waals surface area contributed by atoms with Gasteiger partial charge in [0.2, 0.25) is 0 Å². The lowest BCUT2D eigenvalue weighted by Crippen LogP contribution is -2.36. The molecule has 1 rings (SSSR count). The first kappa shape index (κ1) is 16.2. The number of hydrogen-bond acceptors (Lipinski definition) is 3. The van der Waals surface area contributed by atoms with Crippen LogP contribution in [-0.2, 0) is 20.7 Å². The maximum absolute atomic E-state index is 11.8. The maximum Gasteiger partial charge on any atom is 0.313 e. The molecule has 0 aliphatic carbocycles. The smallest absolute Gasteiger partial charge is 0.313 e. The van der Waals surface area contributed by atoms with Crippen LogP contribution < -0.4 is 10.6 Å². The van der Waals surface area contributed by atoms with Crippen LogP contribution in [0.25, 0.3) is 0 Å². The van der Waals surface area contributed by atoms with E-state index in [1.54, 1.807) is 7.11 Å². The van der Waals surface area contributed by atoms with Gasteiger partial charge in [-0.05, 0) is 30.9 Å². The summed E-state index contributed by atoms with van der Waals surface area (Å²) in [6, 6.07) is 5.79. The zero-order valence-electron chi connectivity index (χ0n) is 12.3. The van der Waals surface area contributed by atoms with Crippen molar-refractivity contribution in [2.75, 3.05) is 25.6 Å². The molecule has 5 nitrogen and oxygen atoms in total. The Morgan fingerprint density at radius 1 is 1.25 bits per heavy atom. The molecular weight excluding hydrogens is 256 g/mol. The Kier molecular flexibility index (Phi) is 6.73. The first-order chi connectivity index (χ1) is 9.60. The van der Waals surface area contributed by atoms with Gasteiger partial charge in [-0.1, -0.05) is 25.1 Å². The number of methoxy groups -OCH3 is 1. The summed E-state index contributed by atoms with van der Waals surface area (Å²) < 4.78 is 4.87. The second-order valence-corrected chi connectivity index (χ2v) is 4.52.